The van der Waals surface area contributed by atoms with Gasteiger partial charge in [-0.1, -0.05) is 0 Å². The summed E-state index contributed by atoms with van der Waals surface area (Å²) >= 11 is 0. The van der Waals surface area contributed by atoms with E-state index < -0.39 is 35.3 Å². The monoisotopic (exact) mass is 256 g/mol. The molecular formula is C6F8O2. The van der Waals surface area contributed by atoms with Gasteiger partial charge in [0.2, 0.25) is 0 Å². The standard InChI is InChI=1S/C6F8O2/c7-3(8)1(15)4(9,10)6(13,14)2(16)5(3,11)12. The van der Waals surface area contributed by atoms with Crippen LogP contribution < -0.4 is 0 Å². The highest BCUT2D eigenvalue weighted by Crippen LogP contribution is 2.53. The van der Waals surface area contributed by atoms with E-state index in [0.29, 0.717) is 0 Å². The molecular weight excluding hydrogens is 256 g/mol. The second kappa shape index (κ2) is 2.72. The summed E-state index contributed by atoms with van der Waals surface area (Å²) in [5, 5.41) is 0. The van der Waals surface area contributed by atoms with Gasteiger partial charge in [-0.3, -0.25) is 9.59 Å². The molecule has 92 valence electrons. The predicted octanol–water partition coefficient (Wildman–Crippen LogP) is 1.68. The first-order valence-corrected chi connectivity index (χ1v) is 3.42. The first-order chi connectivity index (χ1) is 6.81. The fraction of sp³-hybridized carbons (Fsp3) is 0.667. The Bertz CT molecular complexity index is 303. The van der Waals surface area contributed by atoms with Crippen molar-refractivity contribution in [3.63, 3.8) is 0 Å². The summed E-state index contributed by atoms with van der Waals surface area (Å²) in [6.07, 6.45) is 0. The number of rotatable bonds is 0. The lowest BCUT2D eigenvalue weighted by molar-refractivity contribution is -0.280. The largest absolute Gasteiger partial charge is 0.381 e. The molecule has 0 heterocycles. The molecule has 16 heavy (non-hydrogen) atoms. The van der Waals surface area contributed by atoms with E-state index in [2.05, 4.69) is 0 Å². The Morgan fingerprint density at radius 3 is 0.750 bits per heavy atom. The van der Waals surface area contributed by atoms with Crippen molar-refractivity contribution in [3.8, 4) is 0 Å². The highest BCUT2D eigenvalue weighted by atomic mass is 19.3. The third kappa shape index (κ3) is 1.07. The summed E-state index contributed by atoms with van der Waals surface area (Å²) in [5.41, 5.74) is 0. The molecule has 0 saturated heterocycles. The van der Waals surface area contributed by atoms with Gasteiger partial charge in [0.15, 0.2) is 0 Å². The number of carbonyl (C=O) groups excluding carboxylic acids is 2. The van der Waals surface area contributed by atoms with E-state index in [-0.39, 0.29) is 0 Å². The molecule has 10 heteroatoms. The van der Waals surface area contributed by atoms with Crippen molar-refractivity contribution in [2.45, 2.75) is 23.7 Å². The summed E-state index contributed by atoms with van der Waals surface area (Å²) in [7, 11) is 0. The molecule has 0 bridgehead atoms. The van der Waals surface area contributed by atoms with Gasteiger partial charge in [0.05, 0.1) is 0 Å². The minimum absolute atomic E-state index is 3.98. The van der Waals surface area contributed by atoms with Gasteiger partial charge in [-0.15, -0.1) is 0 Å². The molecule has 0 spiro atoms. The van der Waals surface area contributed by atoms with Crippen molar-refractivity contribution in [2.75, 3.05) is 0 Å². The van der Waals surface area contributed by atoms with E-state index in [1.807, 2.05) is 0 Å². The minimum Gasteiger partial charge on any atom is -0.286 e. The molecule has 0 aromatic carbocycles. The Morgan fingerprint density at radius 1 is 0.500 bits per heavy atom. The molecule has 0 N–H and O–H groups in total. The van der Waals surface area contributed by atoms with E-state index >= 15 is 0 Å². The van der Waals surface area contributed by atoms with Gasteiger partial charge in [-0.2, -0.15) is 35.1 Å². The molecule has 2 nitrogen and oxygen atoms in total. The average molecular weight is 256 g/mol. The minimum atomic E-state index is -6.16. The first-order valence-electron chi connectivity index (χ1n) is 3.42. The molecule has 0 unspecified atom stereocenters. The van der Waals surface area contributed by atoms with Crippen LogP contribution in [-0.2, 0) is 9.59 Å². The Kier molecular flexibility index (Phi) is 2.18. The van der Waals surface area contributed by atoms with Crippen molar-refractivity contribution < 1.29 is 44.7 Å². The topological polar surface area (TPSA) is 34.1 Å². The van der Waals surface area contributed by atoms with Crippen LogP contribution >= 0.6 is 0 Å². The van der Waals surface area contributed by atoms with Gasteiger partial charge in [-0.05, 0) is 0 Å². The fourth-order valence-corrected chi connectivity index (χ4v) is 0.965. The van der Waals surface area contributed by atoms with Crippen LogP contribution in [0.15, 0.2) is 0 Å². The summed E-state index contributed by atoms with van der Waals surface area (Å²) in [5.74, 6) is -32.6. The van der Waals surface area contributed by atoms with Crippen LogP contribution in [0.5, 0.6) is 0 Å². The van der Waals surface area contributed by atoms with Crippen LogP contribution in [0.3, 0.4) is 0 Å². The maximum Gasteiger partial charge on any atom is 0.381 e. The second-order valence-corrected chi connectivity index (χ2v) is 2.96. The van der Waals surface area contributed by atoms with Crippen LogP contribution in [-0.4, -0.2) is 35.3 Å². The lowest BCUT2D eigenvalue weighted by Crippen LogP contribution is -2.73. The quantitative estimate of drug-likeness (QED) is 0.618. The van der Waals surface area contributed by atoms with E-state index in [1.165, 1.54) is 0 Å². The highest BCUT2D eigenvalue weighted by Gasteiger charge is 2.87. The average Bonchev–Trinajstić information content (AvgIpc) is 2.13. The summed E-state index contributed by atoms with van der Waals surface area (Å²) in [6, 6.07) is 0. The predicted molar refractivity (Wildman–Crippen MR) is 29.8 cm³/mol. The third-order valence-corrected chi connectivity index (χ3v) is 1.93. The zero-order chi connectivity index (χ0) is 13.2. The Hall–Kier alpha value is -1.22. The lowest BCUT2D eigenvalue weighted by Gasteiger charge is -2.37. The number of hydrogen-bond acceptors (Lipinski definition) is 2. The summed E-state index contributed by atoms with van der Waals surface area (Å²) < 4.78 is 98.7. The maximum atomic E-state index is 12.3. The van der Waals surface area contributed by atoms with E-state index in [9.17, 15) is 44.7 Å². The molecule has 1 aliphatic carbocycles. The van der Waals surface area contributed by atoms with E-state index in [4.69, 9.17) is 0 Å². The van der Waals surface area contributed by atoms with Gasteiger partial charge in [0.1, 0.15) is 0 Å². The van der Waals surface area contributed by atoms with Crippen molar-refractivity contribution in [2.24, 2.45) is 0 Å². The van der Waals surface area contributed by atoms with Crippen molar-refractivity contribution in [1.29, 1.82) is 0 Å². The van der Waals surface area contributed by atoms with Crippen LogP contribution in [0.25, 0.3) is 0 Å². The van der Waals surface area contributed by atoms with Crippen LogP contribution in [0.4, 0.5) is 35.1 Å². The zero-order valence-corrected chi connectivity index (χ0v) is 6.84. The van der Waals surface area contributed by atoms with Gasteiger partial charge >= 0.3 is 23.7 Å². The Labute approximate surface area is 81.2 Å². The molecule has 0 aromatic rings. The summed E-state index contributed by atoms with van der Waals surface area (Å²) in [6.45, 7) is 0. The second-order valence-electron chi connectivity index (χ2n) is 2.96. The molecule has 1 fully saturated rings. The molecule has 0 aromatic heterocycles. The zero-order valence-electron chi connectivity index (χ0n) is 6.84. The molecule has 0 atom stereocenters. The van der Waals surface area contributed by atoms with Crippen LogP contribution in [0.1, 0.15) is 0 Å². The van der Waals surface area contributed by atoms with Gasteiger partial charge < -0.3 is 0 Å². The molecule has 0 radical (unpaired) electrons. The van der Waals surface area contributed by atoms with Gasteiger partial charge in [0, 0.05) is 0 Å². The smallest absolute Gasteiger partial charge is 0.286 e. The first kappa shape index (κ1) is 12.8. The highest BCUT2D eigenvalue weighted by molar-refractivity contribution is 6.11. The van der Waals surface area contributed by atoms with Crippen molar-refractivity contribution >= 4 is 11.6 Å². The Balaban J connectivity index is 3.52. The number of alkyl halides is 8. The normalized spacial score (nSPS) is 30.2. The number of carbonyl (C=O) groups is 2. The number of Topliss-reactive ketones (excluding diaryl/α,β-unsaturated/α-hetero) is 2. The summed E-state index contributed by atoms with van der Waals surface area (Å²) in [4.78, 5) is 20.3. The van der Waals surface area contributed by atoms with Gasteiger partial charge in [-0.25, -0.2) is 0 Å². The van der Waals surface area contributed by atoms with Crippen molar-refractivity contribution in [3.05, 3.63) is 0 Å². The molecule has 1 rings (SSSR count). The SMILES string of the molecule is O=C1C(F)(F)C(F)(F)C(=O)C(F)(F)C1(F)F. The van der Waals surface area contributed by atoms with Gasteiger partial charge in [0.25, 0.3) is 11.6 Å². The van der Waals surface area contributed by atoms with Crippen LogP contribution in [0, 0.1) is 0 Å². The fourth-order valence-electron chi connectivity index (χ4n) is 0.965. The number of halogens is 8. The van der Waals surface area contributed by atoms with Crippen molar-refractivity contribution in [1.82, 2.24) is 0 Å². The third-order valence-electron chi connectivity index (χ3n) is 1.93. The molecule has 0 aliphatic heterocycles. The molecule has 1 aliphatic rings. The van der Waals surface area contributed by atoms with E-state index in [0.717, 1.165) is 0 Å². The lowest BCUT2D eigenvalue weighted by atomic mass is 9.84. The maximum absolute atomic E-state index is 12.3. The molecule has 1 saturated carbocycles. The number of ketones is 2. The van der Waals surface area contributed by atoms with Crippen LogP contribution in [0.2, 0.25) is 0 Å². The molecule has 0 amide bonds. The number of hydrogen-bond donors (Lipinski definition) is 0. The van der Waals surface area contributed by atoms with E-state index in [1.54, 1.807) is 0 Å². The Morgan fingerprint density at radius 2 is 0.625 bits per heavy atom.